The van der Waals surface area contributed by atoms with Crippen LogP contribution in [0.25, 0.3) is 0 Å². The summed E-state index contributed by atoms with van der Waals surface area (Å²) in [6.45, 7) is 2.77. The highest BCUT2D eigenvalue weighted by atomic mass is 16.5. The minimum atomic E-state index is -0.364. The topological polar surface area (TPSA) is 71.8 Å². The zero-order valence-electron chi connectivity index (χ0n) is 14.2. The Morgan fingerprint density at radius 1 is 1.28 bits per heavy atom. The minimum Gasteiger partial charge on any atom is -0.490 e. The van der Waals surface area contributed by atoms with Gasteiger partial charge in [-0.1, -0.05) is 30.3 Å². The summed E-state index contributed by atoms with van der Waals surface area (Å²) in [5.74, 6) is -0.260. The molecule has 1 aliphatic heterocycles. The lowest BCUT2D eigenvalue weighted by Gasteiger charge is -2.32. The van der Waals surface area contributed by atoms with Crippen LogP contribution >= 0.6 is 0 Å². The number of carbonyl (C=O) groups excluding carboxylic acids is 1. The van der Waals surface area contributed by atoms with Crippen LogP contribution in [0.4, 0.5) is 0 Å². The van der Waals surface area contributed by atoms with Gasteiger partial charge in [0, 0.05) is 31.7 Å². The van der Waals surface area contributed by atoms with Gasteiger partial charge in [-0.25, -0.2) is 0 Å². The quantitative estimate of drug-likeness (QED) is 0.900. The number of hydrogen-bond donors (Lipinski definition) is 1. The van der Waals surface area contributed by atoms with Gasteiger partial charge < -0.3 is 14.5 Å². The average molecular weight is 342 g/mol. The van der Waals surface area contributed by atoms with E-state index in [4.69, 9.17) is 9.15 Å². The van der Waals surface area contributed by atoms with E-state index in [0.29, 0.717) is 0 Å². The number of amides is 1. The summed E-state index contributed by atoms with van der Waals surface area (Å²) in [7, 11) is 1.38. The lowest BCUT2D eigenvalue weighted by atomic mass is 10.0. The fraction of sp³-hybridized carbons (Fsp3) is 0.368. The third kappa shape index (κ3) is 4.48. The van der Waals surface area contributed by atoms with Crippen molar-refractivity contribution in [3.63, 3.8) is 0 Å². The molecule has 1 aromatic carbocycles. The Morgan fingerprint density at radius 2 is 2.00 bits per heavy atom. The van der Waals surface area contributed by atoms with E-state index in [2.05, 4.69) is 22.3 Å². The molecule has 1 amide bonds. The van der Waals surface area contributed by atoms with Crippen molar-refractivity contribution in [2.75, 3.05) is 20.2 Å². The molecule has 0 unspecified atom stereocenters. The second kappa shape index (κ2) is 7.98. The number of nitrogens with zero attached hydrogens (tertiary/aromatic N) is 1. The largest absolute Gasteiger partial charge is 0.490 e. The van der Waals surface area contributed by atoms with E-state index in [-0.39, 0.29) is 28.9 Å². The van der Waals surface area contributed by atoms with Gasteiger partial charge in [0.25, 0.3) is 5.91 Å². The van der Waals surface area contributed by atoms with E-state index in [1.807, 2.05) is 18.2 Å². The monoisotopic (exact) mass is 342 g/mol. The number of piperidine rings is 1. The number of likely N-dealkylation sites (tertiary alicyclic amines) is 1. The predicted octanol–water partition coefficient (Wildman–Crippen LogP) is 2.04. The molecular formula is C19H22N2O4. The summed E-state index contributed by atoms with van der Waals surface area (Å²) in [4.78, 5) is 26.3. The van der Waals surface area contributed by atoms with Crippen LogP contribution in [0.2, 0.25) is 0 Å². The van der Waals surface area contributed by atoms with Crippen molar-refractivity contribution in [3.05, 3.63) is 64.2 Å². The Hall–Kier alpha value is -2.60. The summed E-state index contributed by atoms with van der Waals surface area (Å²) >= 11 is 0. The van der Waals surface area contributed by atoms with Crippen LogP contribution in [0.15, 0.2) is 51.9 Å². The fourth-order valence-electron chi connectivity index (χ4n) is 3.00. The maximum Gasteiger partial charge on any atom is 0.287 e. The van der Waals surface area contributed by atoms with Gasteiger partial charge in [0.15, 0.2) is 5.76 Å². The summed E-state index contributed by atoms with van der Waals surface area (Å²) in [5.41, 5.74) is 0.932. The van der Waals surface area contributed by atoms with Gasteiger partial charge in [-0.2, -0.15) is 0 Å². The SMILES string of the molecule is COc1coc(C(=O)NC2CCN(Cc3ccccc3)CC2)cc1=O. The molecule has 6 heteroatoms. The molecule has 0 atom stereocenters. The standard InChI is InChI=1S/C19H22N2O4/c1-24-18-13-25-17(11-16(18)22)19(23)20-15-7-9-21(10-8-15)12-14-5-3-2-4-6-14/h2-6,11,13,15H,7-10,12H2,1H3,(H,20,23). The Morgan fingerprint density at radius 3 is 2.64 bits per heavy atom. The van der Waals surface area contributed by atoms with Crippen molar-refractivity contribution in [1.29, 1.82) is 0 Å². The molecule has 0 aliphatic carbocycles. The highest BCUT2D eigenvalue weighted by Crippen LogP contribution is 2.14. The molecule has 1 aromatic heterocycles. The fourth-order valence-corrected chi connectivity index (χ4v) is 3.00. The van der Waals surface area contributed by atoms with Gasteiger partial charge in [0.1, 0.15) is 6.26 Å². The van der Waals surface area contributed by atoms with E-state index in [1.54, 1.807) is 0 Å². The normalized spacial score (nSPS) is 15.7. The lowest BCUT2D eigenvalue weighted by Crippen LogP contribution is -2.44. The molecule has 132 valence electrons. The van der Waals surface area contributed by atoms with Crippen LogP contribution in [0.3, 0.4) is 0 Å². The van der Waals surface area contributed by atoms with Crippen molar-refractivity contribution in [1.82, 2.24) is 10.2 Å². The third-order valence-corrected chi connectivity index (χ3v) is 4.41. The molecule has 2 heterocycles. The first-order valence-electron chi connectivity index (χ1n) is 8.39. The highest BCUT2D eigenvalue weighted by molar-refractivity contribution is 5.91. The average Bonchev–Trinajstić information content (AvgIpc) is 2.64. The van der Waals surface area contributed by atoms with Crippen molar-refractivity contribution in [3.8, 4) is 5.75 Å². The molecule has 0 saturated carbocycles. The number of methoxy groups -OCH3 is 1. The summed E-state index contributed by atoms with van der Waals surface area (Å²) in [5, 5.41) is 2.95. The number of carbonyl (C=O) groups is 1. The molecule has 3 rings (SSSR count). The van der Waals surface area contributed by atoms with E-state index in [0.717, 1.165) is 32.5 Å². The van der Waals surface area contributed by atoms with Crippen LogP contribution in [-0.4, -0.2) is 37.0 Å². The molecule has 1 saturated heterocycles. The van der Waals surface area contributed by atoms with Gasteiger partial charge in [-0.05, 0) is 18.4 Å². The van der Waals surface area contributed by atoms with Crippen LogP contribution in [0.5, 0.6) is 5.75 Å². The van der Waals surface area contributed by atoms with E-state index in [1.165, 1.54) is 25.0 Å². The minimum absolute atomic E-state index is 0.0116. The van der Waals surface area contributed by atoms with Crippen molar-refractivity contribution in [2.24, 2.45) is 0 Å². The Bertz CT molecular complexity index is 764. The predicted molar refractivity (Wildman–Crippen MR) is 93.7 cm³/mol. The number of rotatable bonds is 5. The van der Waals surface area contributed by atoms with Crippen LogP contribution < -0.4 is 15.5 Å². The maximum absolute atomic E-state index is 12.2. The molecule has 6 nitrogen and oxygen atoms in total. The summed E-state index contributed by atoms with van der Waals surface area (Å²) in [6, 6.07) is 11.6. The Labute approximate surface area is 146 Å². The van der Waals surface area contributed by atoms with Gasteiger partial charge in [0.05, 0.1) is 7.11 Å². The van der Waals surface area contributed by atoms with E-state index in [9.17, 15) is 9.59 Å². The first kappa shape index (κ1) is 17.2. The van der Waals surface area contributed by atoms with Gasteiger partial charge in [-0.3, -0.25) is 14.5 Å². The molecule has 1 N–H and O–H groups in total. The molecule has 1 fully saturated rings. The van der Waals surface area contributed by atoms with Crippen molar-refractivity contribution < 1.29 is 13.9 Å². The van der Waals surface area contributed by atoms with Crippen molar-refractivity contribution in [2.45, 2.75) is 25.4 Å². The Balaban J connectivity index is 1.51. The summed E-state index contributed by atoms with van der Waals surface area (Å²) in [6.07, 6.45) is 2.91. The first-order chi connectivity index (χ1) is 12.2. The van der Waals surface area contributed by atoms with Crippen LogP contribution in [-0.2, 0) is 6.54 Å². The molecule has 0 radical (unpaired) electrons. The zero-order chi connectivity index (χ0) is 17.6. The second-order valence-corrected chi connectivity index (χ2v) is 6.19. The molecule has 1 aliphatic rings. The van der Waals surface area contributed by atoms with Crippen molar-refractivity contribution >= 4 is 5.91 Å². The number of nitrogens with one attached hydrogen (secondary N) is 1. The van der Waals surface area contributed by atoms with Crippen LogP contribution in [0, 0.1) is 0 Å². The second-order valence-electron chi connectivity index (χ2n) is 6.19. The Kier molecular flexibility index (Phi) is 5.50. The lowest BCUT2D eigenvalue weighted by molar-refractivity contribution is 0.0878. The van der Waals surface area contributed by atoms with Crippen LogP contribution in [0.1, 0.15) is 29.0 Å². The number of benzene rings is 1. The number of hydrogen-bond acceptors (Lipinski definition) is 5. The maximum atomic E-state index is 12.2. The van der Waals surface area contributed by atoms with Gasteiger partial charge >= 0.3 is 0 Å². The molecule has 25 heavy (non-hydrogen) atoms. The molecule has 0 bridgehead atoms. The number of ether oxygens (including phenoxy) is 1. The third-order valence-electron chi connectivity index (χ3n) is 4.41. The molecule has 0 spiro atoms. The van der Waals surface area contributed by atoms with E-state index < -0.39 is 0 Å². The highest BCUT2D eigenvalue weighted by Gasteiger charge is 2.22. The van der Waals surface area contributed by atoms with Gasteiger partial charge in [-0.15, -0.1) is 0 Å². The molecular weight excluding hydrogens is 320 g/mol. The summed E-state index contributed by atoms with van der Waals surface area (Å²) < 4.78 is 10.0. The molecule has 2 aromatic rings. The smallest absolute Gasteiger partial charge is 0.287 e. The zero-order valence-corrected chi connectivity index (χ0v) is 14.2. The first-order valence-corrected chi connectivity index (χ1v) is 8.39. The van der Waals surface area contributed by atoms with E-state index >= 15 is 0 Å². The van der Waals surface area contributed by atoms with Gasteiger partial charge in [0.2, 0.25) is 11.2 Å².